The van der Waals surface area contributed by atoms with Crippen LogP contribution in [0, 0.1) is 0 Å². The fourth-order valence-corrected chi connectivity index (χ4v) is 4.32. The number of fused-ring (bicyclic) bond motifs is 1. The number of hydrogen-bond donors (Lipinski definition) is 2. The number of carbonyl (C=O) groups is 4. The Morgan fingerprint density at radius 2 is 1.85 bits per heavy atom. The second-order valence-corrected chi connectivity index (χ2v) is 7.75. The van der Waals surface area contributed by atoms with Crippen LogP contribution in [0.15, 0.2) is 18.2 Å². The molecule has 1 saturated heterocycles. The number of Topliss-reactive ketones (excluding diaryl/α,β-unsaturated/α-hetero) is 1. The van der Waals surface area contributed by atoms with Crippen LogP contribution in [0.4, 0.5) is 10.5 Å². The highest BCUT2D eigenvalue weighted by atomic mass is 16.2. The van der Waals surface area contributed by atoms with Gasteiger partial charge >= 0.3 is 6.03 Å². The van der Waals surface area contributed by atoms with Gasteiger partial charge in [0.05, 0.1) is 12.5 Å². The fraction of sp³-hybridized carbons (Fsp3) is 0.500. The minimum atomic E-state index is -0.837. The summed E-state index contributed by atoms with van der Waals surface area (Å²) in [5.74, 6) is -1.01. The van der Waals surface area contributed by atoms with E-state index in [1.165, 1.54) is 0 Å². The Bertz CT molecular complexity index is 840. The molecule has 2 aliphatic heterocycles. The van der Waals surface area contributed by atoms with Crippen molar-refractivity contribution in [3.05, 3.63) is 29.3 Å². The molecule has 7 heteroatoms. The van der Waals surface area contributed by atoms with Gasteiger partial charge in [0.15, 0.2) is 5.78 Å². The molecule has 4 rings (SSSR count). The van der Waals surface area contributed by atoms with Gasteiger partial charge in [-0.25, -0.2) is 4.79 Å². The first-order valence-corrected chi connectivity index (χ1v) is 9.53. The molecule has 1 aliphatic carbocycles. The first-order chi connectivity index (χ1) is 12.9. The van der Waals surface area contributed by atoms with Crippen LogP contribution in [0.1, 0.15) is 67.3 Å². The van der Waals surface area contributed by atoms with Crippen molar-refractivity contribution in [3.8, 4) is 0 Å². The number of ketones is 1. The van der Waals surface area contributed by atoms with E-state index in [2.05, 4.69) is 10.6 Å². The molecular formula is C20H23N3O4. The molecule has 7 nitrogen and oxygen atoms in total. The fourth-order valence-electron chi connectivity index (χ4n) is 4.32. The zero-order chi connectivity index (χ0) is 19.2. The number of amides is 4. The van der Waals surface area contributed by atoms with Crippen molar-refractivity contribution in [3.63, 3.8) is 0 Å². The van der Waals surface area contributed by atoms with Crippen molar-refractivity contribution in [1.29, 1.82) is 0 Å². The third-order valence-electron chi connectivity index (χ3n) is 6.00. The van der Waals surface area contributed by atoms with Crippen LogP contribution in [-0.4, -0.2) is 40.6 Å². The molecule has 0 radical (unpaired) electrons. The summed E-state index contributed by atoms with van der Waals surface area (Å²) in [5.41, 5.74) is 1.04. The zero-order valence-electron chi connectivity index (χ0n) is 15.3. The van der Waals surface area contributed by atoms with Crippen LogP contribution in [0.2, 0.25) is 0 Å². The highest BCUT2D eigenvalue weighted by molar-refractivity contribution is 6.11. The average molecular weight is 369 g/mol. The van der Waals surface area contributed by atoms with Crippen LogP contribution in [0.3, 0.4) is 0 Å². The van der Waals surface area contributed by atoms with Crippen molar-refractivity contribution in [2.24, 2.45) is 0 Å². The minimum Gasteiger partial charge on any atom is -0.325 e. The third kappa shape index (κ3) is 2.91. The highest BCUT2D eigenvalue weighted by Crippen LogP contribution is 2.34. The Balaban J connectivity index is 1.52. The van der Waals surface area contributed by atoms with Gasteiger partial charge in [-0.15, -0.1) is 0 Å². The summed E-state index contributed by atoms with van der Waals surface area (Å²) in [5, 5.41) is 5.62. The van der Waals surface area contributed by atoms with Gasteiger partial charge in [0.1, 0.15) is 5.54 Å². The summed E-state index contributed by atoms with van der Waals surface area (Å²) < 4.78 is 0. The van der Waals surface area contributed by atoms with E-state index in [4.69, 9.17) is 0 Å². The molecular weight excluding hydrogens is 346 g/mol. The molecule has 1 aromatic carbocycles. The summed E-state index contributed by atoms with van der Waals surface area (Å²) in [7, 11) is 0. The zero-order valence-corrected chi connectivity index (χ0v) is 15.3. The number of urea groups is 1. The van der Waals surface area contributed by atoms with E-state index < -0.39 is 11.6 Å². The molecule has 1 aromatic rings. The predicted molar refractivity (Wildman–Crippen MR) is 98.5 cm³/mol. The maximum atomic E-state index is 12.9. The lowest BCUT2D eigenvalue weighted by Gasteiger charge is -2.24. The predicted octanol–water partition coefficient (Wildman–Crippen LogP) is 2.57. The van der Waals surface area contributed by atoms with Crippen molar-refractivity contribution >= 4 is 29.3 Å². The lowest BCUT2D eigenvalue weighted by molar-refractivity contribution is -0.131. The average Bonchev–Trinajstić information content (AvgIpc) is 2.93. The van der Waals surface area contributed by atoms with Crippen LogP contribution < -0.4 is 10.6 Å². The monoisotopic (exact) mass is 369 g/mol. The largest absolute Gasteiger partial charge is 0.325 e. The van der Waals surface area contributed by atoms with Crippen molar-refractivity contribution < 1.29 is 19.2 Å². The Labute approximate surface area is 157 Å². The SMILES string of the molecule is C[C@H]1C(=O)Nc2ccc(C(=O)CN3C(=O)NC4(CCCCCC4)C3=O)cc21. The van der Waals surface area contributed by atoms with Gasteiger partial charge in [0.25, 0.3) is 5.91 Å². The van der Waals surface area contributed by atoms with Gasteiger partial charge < -0.3 is 10.6 Å². The van der Waals surface area contributed by atoms with E-state index in [9.17, 15) is 19.2 Å². The Morgan fingerprint density at radius 1 is 1.15 bits per heavy atom. The molecule has 1 atom stereocenters. The van der Waals surface area contributed by atoms with Crippen LogP contribution in [0.25, 0.3) is 0 Å². The van der Waals surface area contributed by atoms with Gasteiger partial charge in [0.2, 0.25) is 5.91 Å². The maximum Gasteiger partial charge on any atom is 0.325 e. The highest BCUT2D eigenvalue weighted by Gasteiger charge is 2.51. The Morgan fingerprint density at radius 3 is 2.56 bits per heavy atom. The first-order valence-electron chi connectivity index (χ1n) is 9.53. The van der Waals surface area contributed by atoms with Crippen LogP contribution in [-0.2, 0) is 9.59 Å². The summed E-state index contributed by atoms with van der Waals surface area (Å²) >= 11 is 0. The number of nitrogens with zero attached hydrogens (tertiary/aromatic N) is 1. The minimum absolute atomic E-state index is 0.0981. The maximum absolute atomic E-state index is 12.9. The summed E-state index contributed by atoms with van der Waals surface area (Å²) in [6.45, 7) is 1.50. The van der Waals surface area contributed by atoms with Crippen molar-refractivity contribution in [2.45, 2.75) is 56.9 Å². The number of carbonyl (C=O) groups excluding carboxylic acids is 4. The smallest absolute Gasteiger partial charge is 0.325 e. The van der Waals surface area contributed by atoms with Crippen LogP contribution >= 0.6 is 0 Å². The van der Waals surface area contributed by atoms with E-state index in [0.29, 0.717) is 24.1 Å². The summed E-state index contributed by atoms with van der Waals surface area (Å²) in [6, 6.07) is 4.52. The number of rotatable bonds is 3. The second-order valence-electron chi connectivity index (χ2n) is 7.75. The van der Waals surface area contributed by atoms with E-state index in [1.807, 2.05) is 0 Å². The summed E-state index contributed by atoms with van der Waals surface area (Å²) in [6.07, 6.45) is 5.18. The van der Waals surface area contributed by atoms with Crippen molar-refractivity contribution in [1.82, 2.24) is 10.2 Å². The van der Waals surface area contributed by atoms with Gasteiger partial charge in [-0.05, 0) is 43.5 Å². The quantitative estimate of drug-likeness (QED) is 0.632. The number of imide groups is 1. The Kier molecular flexibility index (Phi) is 4.25. The molecule has 0 aromatic heterocycles. The summed E-state index contributed by atoms with van der Waals surface area (Å²) in [4.78, 5) is 50.9. The number of anilines is 1. The number of benzene rings is 1. The normalized spacial score (nSPS) is 23.8. The van der Waals surface area contributed by atoms with Gasteiger partial charge in [-0.2, -0.15) is 0 Å². The van der Waals surface area contributed by atoms with Gasteiger partial charge in [-0.3, -0.25) is 19.3 Å². The standard InChI is InChI=1S/C20H23N3O4/c1-12-14-10-13(6-7-15(14)21-17(12)25)16(24)11-23-18(26)20(22-19(23)27)8-4-2-3-5-9-20/h6-7,10,12H,2-5,8-9,11H2,1H3,(H,21,25)(H,22,27)/t12-/m1/s1. The molecule has 27 heavy (non-hydrogen) atoms. The lowest BCUT2D eigenvalue weighted by Crippen LogP contribution is -2.46. The first kappa shape index (κ1) is 17.7. The Hall–Kier alpha value is -2.70. The van der Waals surface area contributed by atoms with Gasteiger partial charge in [0, 0.05) is 11.3 Å². The molecule has 0 bridgehead atoms. The molecule has 1 saturated carbocycles. The molecule has 3 aliphatic rings. The molecule has 2 fully saturated rings. The molecule has 0 unspecified atom stereocenters. The number of hydrogen-bond acceptors (Lipinski definition) is 4. The molecule has 1 spiro atoms. The van der Waals surface area contributed by atoms with E-state index in [0.717, 1.165) is 36.1 Å². The van der Waals surface area contributed by atoms with Gasteiger partial charge in [-0.1, -0.05) is 25.7 Å². The van der Waals surface area contributed by atoms with E-state index >= 15 is 0 Å². The number of nitrogens with one attached hydrogen (secondary N) is 2. The van der Waals surface area contributed by atoms with E-state index in [1.54, 1.807) is 25.1 Å². The molecule has 2 heterocycles. The second kappa shape index (κ2) is 6.48. The van der Waals surface area contributed by atoms with Crippen LogP contribution in [0.5, 0.6) is 0 Å². The molecule has 4 amide bonds. The third-order valence-corrected chi connectivity index (χ3v) is 6.00. The molecule has 142 valence electrons. The topological polar surface area (TPSA) is 95.6 Å². The molecule has 2 N–H and O–H groups in total. The van der Waals surface area contributed by atoms with E-state index in [-0.39, 0.29) is 30.1 Å². The lowest BCUT2D eigenvalue weighted by atomic mass is 9.90. The van der Waals surface area contributed by atoms with Crippen molar-refractivity contribution in [2.75, 3.05) is 11.9 Å².